The molecule has 26 heavy (non-hydrogen) atoms. The molecule has 1 atom stereocenters. The molecule has 6 heteroatoms. The Balaban J connectivity index is 1.80. The summed E-state index contributed by atoms with van der Waals surface area (Å²) in [5.74, 6) is 0.632. The first-order valence-corrected chi connectivity index (χ1v) is 8.75. The number of anilines is 2. The Morgan fingerprint density at radius 1 is 1.23 bits per heavy atom. The van der Waals surface area contributed by atoms with Crippen LogP contribution in [-0.4, -0.2) is 36.4 Å². The number of phenolic OH excluding ortho intramolecular Hbond substituents is 1. The maximum Gasteiger partial charge on any atom is 0.265 e. The molecule has 2 N–H and O–H groups in total. The first-order valence-electron chi connectivity index (χ1n) is 8.75. The van der Waals surface area contributed by atoms with Gasteiger partial charge in [0.15, 0.2) is 6.10 Å². The van der Waals surface area contributed by atoms with E-state index in [2.05, 4.69) is 29.1 Å². The average molecular weight is 353 g/mol. The molecule has 0 spiro atoms. The fourth-order valence-corrected chi connectivity index (χ4v) is 2.85. The van der Waals surface area contributed by atoms with Crippen molar-refractivity contribution in [3.8, 4) is 11.5 Å². The van der Waals surface area contributed by atoms with Gasteiger partial charge in [-0.3, -0.25) is 9.79 Å². The number of aliphatic imine (C=N–C) groups is 1. The Labute approximate surface area is 153 Å². The van der Waals surface area contributed by atoms with Gasteiger partial charge >= 0.3 is 0 Å². The molecule has 3 rings (SSSR count). The van der Waals surface area contributed by atoms with Gasteiger partial charge in [0.2, 0.25) is 0 Å². The number of nitrogens with zero attached hydrogens (tertiary/aromatic N) is 2. The molecule has 1 amide bonds. The lowest BCUT2D eigenvalue weighted by Gasteiger charge is -2.23. The number of amides is 1. The molecule has 0 aliphatic carbocycles. The molecule has 0 fully saturated rings. The highest BCUT2D eigenvalue weighted by Crippen LogP contribution is 2.33. The predicted octanol–water partition coefficient (Wildman–Crippen LogP) is 3.71. The number of aromatic hydroxyl groups is 1. The minimum Gasteiger partial charge on any atom is -0.507 e. The van der Waals surface area contributed by atoms with Gasteiger partial charge in [-0.2, -0.15) is 0 Å². The molecule has 2 aromatic rings. The van der Waals surface area contributed by atoms with Gasteiger partial charge in [-0.1, -0.05) is 0 Å². The van der Waals surface area contributed by atoms with Crippen LogP contribution in [0.5, 0.6) is 11.5 Å². The van der Waals surface area contributed by atoms with Crippen molar-refractivity contribution >= 4 is 29.2 Å². The van der Waals surface area contributed by atoms with Crippen molar-refractivity contribution < 1.29 is 14.6 Å². The van der Waals surface area contributed by atoms with Crippen LogP contribution in [0.25, 0.3) is 0 Å². The maximum absolute atomic E-state index is 11.7. The quantitative estimate of drug-likeness (QED) is 0.804. The van der Waals surface area contributed by atoms with Gasteiger partial charge in [0.1, 0.15) is 11.5 Å². The van der Waals surface area contributed by atoms with Crippen LogP contribution in [0.1, 0.15) is 26.3 Å². The zero-order valence-electron chi connectivity index (χ0n) is 15.2. The van der Waals surface area contributed by atoms with E-state index in [4.69, 9.17) is 4.74 Å². The van der Waals surface area contributed by atoms with Gasteiger partial charge in [0.05, 0.1) is 11.4 Å². The Kier molecular flexibility index (Phi) is 5.11. The molecule has 6 nitrogen and oxygen atoms in total. The van der Waals surface area contributed by atoms with E-state index >= 15 is 0 Å². The van der Waals surface area contributed by atoms with E-state index in [1.807, 2.05) is 12.1 Å². The zero-order valence-corrected chi connectivity index (χ0v) is 15.2. The second kappa shape index (κ2) is 7.47. The number of nitrogens with one attached hydrogen (secondary N) is 1. The lowest BCUT2D eigenvalue weighted by molar-refractivity contribution is -0.122. The summed E-state index contributed by atoms with van der Waals surface area (Å²) in [6.45, 7) is 7.62. The topological polar surface area (TPSA) is 74.2 Å². The average Bonchev–Trinajstić information content (AvgIpc) is 2.63. The Bertz CT molecular complexity index is 844. The molecule has 2 aromatic carbocycles. The van der Waals surface area contributed by atoms with Crippen molar-refractivity contribution in [2.75, 3.05) is 23.3 Å². The summed E-state index contributed by atoms with van der Waals surface area (Å²) in [5.41, 5.74) is 2.87. The molecular formula is C20H23N3O3. The van der Waals surface area contributed by atoms with Crippen LogP contribution in [0.4, 0.5) is 17.1 Å². The minimum absolute atomic E-state index is 0.178. The van der Waals surface area contributed by atoms with Gasteiger partial charge in [0, 0.05) is 36.6 Å². The number of phenols is 1. The molecule has 0 unspecified atom stereocenters. The Morgan fingerprint density at radius 3 is 2.69 bits per heavy atom. The minimum atomic E-state index is -0.502. The number of fused-ring (bicyclic) bond motifs is 1. The number of carbonyl (C=O) groups is 1. The SMILES string of the molecule is CCN(CC)c1ccc(C=Nc2ccc3c(c2)NC(=O)[C@@H](C)O3)c(O)c1. The zero-order chi connectivity index (χ0) is 18.7. The van der Waals surface area contributed by atoms with Gasteiger partial charge in [-0.25, -0.2) is 0 Å². The highest BCUT2D eigenvalue weighted by Gasteiger charge is 2.23. The molecule has 1 heterocycles. The summed E-state index contributed by atoms with van der Waals surface area (Å²) in [6, 6.07) is 10.9. The molecule has 0 radical (unpaired) electrons. The number of hydrogen-bond acceptors (Lipinski definition) is 5. The smallest absolute Gasteiger partial charge is 0.265 e. The summed E-state index contributed by atoms with van der Waals surface area (Å²) in [4.78, 5) is 18.3. The van der Waals surface area contributed by atoms with Crippen LogP contribution in [0.15, 0.2) is 41.4 Å². The van der Waals surface area contributed by atoms with Gasteiger partial charge in [0.25, 0.3) is 5.91 Å². The van der Waals surface area contributed by atoms with Crippen molar-refractivity contribution in [3.05, 3.63) is 42.0 Å². The van der Waals surface area contributed by atoms with Crippen LogP contribution in [0.2, 0.25) is 0 Å². The summed E-state index contributed by atoms with van der Waals surface area (Å²) in [6.07, 6.45) is 1.11. The molecule has 0 saturated heterocycles. The molecular weight excluding hydrogens is 330 g/mol. The largest absolute Gasteiger partial charge is 0.507 e. The third kappa shape index (κ3) is 3.64. The van der Waals surface area contributed by atoms with Crippen LogP contribution < -0.4 is 15.0 Å². The molecule has 1 aliphatic heterocycles. The molecule has 136 valence electrons. The monoisotopic (exact) mass is 353 g/mol. The highest BCUT2D eigenvalue weighted by molar-refractivity contribution is 5.98. The third-order valence-electron chi connectivity index (χ3n) is 4.39. The lowest BCUT2D eigenvalue weighted by atomic mass is 10.1. The van der Waals surface area contributed by atoms with Crippen LogP contribution in [0, 0.1) is 0 Å². The van der Waals surface area contributed by atoms with Gasteiger partial charge in [-0.05, 0) is 51.1 Å². The summed E-state index contributed by atoms with van der Waals surface area (Å²) < 4.78 is 5.53. The van der Waals surface area contributed by atoms with E-state index in [1.54, 1.807) is 37.4 Å². The highest BCUT2D eigenvalue weighted by atomic mass is 16.5. The second-order valence-corrected chi connectivity index (χ2v) is 6.10. The van der Waals surface area contributed by atoms with Crippen molar-refractivity contribution in [1.82, 2.24) is 0 Å². The number of hydrogen-bond donors (Lipinski definition) is 2. The standard InChI is InChI=1S/C20H23N3O3/c1-4-23(5-2)16-8-6-14(18(24)11-16)12-21-15-7-9-19-17(10-15)22-20(25)13(3)26-19/h6-13,24H,4-5H2,1-3H3,(H,22,25)/t13-/m1/s1. The molecule has 0 bridgehead atoms. The van der Waals surface area contributed by atoms with E-state index < -0.39 is 6.10 Å². The summed E-state index contributed by atoms with van der Waals surface area (Å²) >= 11 is 0. The summed E-state index contributed by atoms with van der Waals surface area (Å²) in [7, 11) is 0. The molecule has 0 saturated carbocycles. The second-order valence-electron chi connectivity index (χ2n) is 6.10. The molecule has 1 aliphatic rings. The van der Waals surface area contributed by atoms with Crippen LogP contribution in [0.3, 0.4) is 0 Å². The van der Waals surface area contributed by atoms with Crippen molar-refractivity contribution in [3.63, 3.8) is 0 Å². The van der Waals surface area contributed by atoms with Crippen LogP contribution in [-0.2, 0) is 4.79 Å². The fourth-order valence-electron chi connectivity index (χ4n) is 2.85. The number of carbonyl (C=O) groups excluding carboxylic acids is 1. The number of benzene rings is 2. The van der Waals surface area contributed by atoms with E-state index in [9.17, 15) is 9.90 Å². The third-order valence-corrected chi connectivity index (χ3v) is 4.39. The fraction of sp³-hybridized carbons (Fsp3) is 0.300. The Morgan fingerprint density at radius 2 is 2.00 bits per heavy atom. The summed E-state index contributed by atoms with van der Waals surface area (Å²) in [5, 5.41) is 13.1. The molecule has 0 aromatic heterocycles. The van der Waals surface area contributed by atoms with Crippen molar-refractivity contribution in [1.29, 1.82) is 0 Å². The predicted molar refractivity (Wildman–Crippen MR) is 104 cm³/mol. The van der Waals surface area contributed by atoms with E-state index in [0.717, 1.165) is 18.8 Å². The van der Waals surface area contributed by atoms with Crippen molar-refractivity contribution in [2.45, 2.75) is 26.9 Å². The van der Waals surface area contributed by atoms with Gasteiger partial charge < -0.3 is 20.1 Å². The Hall–Kier alpha value is -3.02. The first kappa shape index (κ1) is 17.8. The first-order chi connectivity index (χ1) is 12.5. The van der Waals surface area contributed by atoms with E-state index in [-0.39, 0.29) is 11.7 Å². The normalized spacial score (nSPS) is 16.1. The van der Waals surface area contributed by atoms with Crippen LogP contribution >= 0.6 is 0 Å². The number of rotatable bonds is 5. The number of ether oxygens (including phenoxy) is 1. The van der Waals surface area contributed by atoms with Crippen molar-refractivity contribution in [2.24, 2.45) is 4.99 Å². The maximum atomic E-state index is 11.7. The van der Waals surface area contributed by atoms with E-state index in [0.29, 0.717) is 22.7 Å². The van der Waals surface area contributed by atoms with Gasteiger partial charge in [-0.15, -0.1) is 0 Å². The lowest BCUT2D eigenvalue weighted by Crippen LogP contribution is -2.34. The van der Waals surface area contributed by atoms with E-state index in [1.165, 1.54) is 0 Å².